The molecule has 0 aliphatic heterocycles. The van der Waals surface area contributed by atoms with Gasteiger partial charge in [0, 0.05) is 0 Å². The molecule has 0 saturated heterocycles. The Labute approximate surface area is 228 Å². The smallest absolute Gasteiger partial charge is 0.260 e. The van der Waals surface area contributed by atoms with Crippen LogP contribution in [0.1, 0.15) is 29.7 Å². The third kappa shape index (κ3) is 8.85. The molecule has 0 saturated carbocycles. The Balaban J connectivity index is 1.52. The summed E-state index contributed by atoms with van der Waals surface area (Å²) < 4.78 is 36.6. The van der Waals surface area contributed by atoms with E-state index in [0.717, 1.165) is 21.7 Å². The van der Waals surface area contributed by atoms with Crippen LogP contribution in [0.5, 0.6) is 11.5 Å². The van der Waals surface area contributed by atoms with Gasteiger partial charge in [-0.2, -0.15) is 5.10 Å². The first-order chi connectivity index (χ1) is 18.6. The van der Waals surface area contributed by atoms with Gasteiger partial charge in [-0.25, -0.2) is 13.8 Å². The molecule has 0 heterocycles. The van der Waals surface area contributed by atoms with Crippen LogP contribution in [0.25, 0.3) is 0 Å². The lowest BCUT2D eigenvalue weighted by atomic mass is 10.1. The van der Waals surface area contributed by atoms with Gasteiger partial charge in [-0.1, -0.05) is 36.4 Å². The molecule has 10 nitrogen and oxygen atoms in total. The largest absolute Gasteiger partial charge is 0.495 e. The molecule has 39 heavy (non-hydrogen) atoms. The van der Waals surface area contributed by atoms with Gasteiger partial charge in [-0.15, -0.1) is 0 Å². The summed E-state index contributed by atoms with van der Waals surface area (Å²) in [5.74, 6) is -0.0514. The highest BCUT2D eigenvalue weighted by Gasteiger charge is 2.24. The van der Waals surface area contributed by atoms with Gasteiger partial charge in [0.2, 0.25) is 10.0 Å². The number of rotatable bonds is 12. The second-order valence-corrected chi connectivity index (χ2v) is 10.7. The van der Waals surface area contributed by atoms with E-state index >= 15 is 0 Å². The molecule has 0 aliphatic rings. The Hall–Kier alpha value is -4.38. The molecule has 2 amide bonds. The van der Waals surface area contributed by atoms with Crippen LogP contribution in [0.4, 0.5) is 5.69 Å². The monoisotopic (exact) mass is 552 g/mol. The zero-order chi connectivity index (χ0) is 28.4. The van der Waals surface area contributed by atoms with Gasteiger partial charge in [-0.05, 0) is 66.9 Å². The van der Waals surface area contributed by atoms with E-state index in [1.807, 2.05) is 44.2 Å². The van der Waals surface area contributed by atoms with Gasteiger partial charge in [0.15, 0.2) is 6.61 Å². The second-order valence-electron chi connectivity index (χ2n) is 8.80. The fourth-order valence-corrected chi connectivity index (χ4v) is 4.48. The molecule has 0 aliphatic carbocycles. The van der Waals surface area contributed by atoms with Crippen molar-refractivity contribution in [2.45, 2.75) is 19.9 Å². The fourth-order valence-electron chi connectivity index (χ4n) is 3.63. The summed E-state index contributed by atoms with van der Waals surface area (Å²) in [7, 11) is -2.35. The SMILES string of the molecule is COc1ccc(C)cc1N(CC(=O)N/N=C\c1ccc(OCC(=O)N[C@H](C)c2ccccc2)cc1)S(C)(=O)=O. The second kappa shape index (κ2) is 13.4. The number of carbonyl (C=O) groups excluding carboxylic acids is 2. The van der Waals surface area contributed by atoms with Crippen molar-refractivity contribution in [3.63, 3.8) is 0 Å². The molecule has 3 rings (SSSR count). The van der Waals surface area contributed by atoms with Crippen molar-refractivity contribution in [3.05, 3.63) is 89.5 Å². The average molecular weight is 553 g/mol. The summed E-state index contributed by atoms with van der Waals surface area (Å²) in [4.78, 5) is 24.7. The first kappa shape index (κ1) is 29.2. The van der Waals surface area contributed by atoms with Crippen LogP contribution >= 0.6 is 0 Å². The van der Waals surface area contributed by atoms with E-state index in [4.69, 9.17) is 9.47 Å². The highest BCUT2D eigenvalue weighted by Crippen LogP contribution is 2.30. The first-order valence-electron chi connectivity index (χ1n) is 12.1. The predicted octanol–water partition coefficient (Wildman–Crippen LogP) is 3.18. The molecule has 11 heteroatoms. The number of methoxy groups -OCH3 is 1. The van der Waals surface area contributed by atoms with E-state index in [1.165, 1.54) is 13.3 Å². The van der Waals surface area contributed by atoms with Crippen molar-refractivity contribution < 1.29 is 27.5 Å². The minimum absolute atomic E-state index is 0.136. The zero-order valence-electron chi connectivity index (χ0n) is 22.2. The number of carbonyl (C=O) groups is 2. The molecular formula is C28H32N4O6S. The van der Waals surface area contributed by atoms with Crippen LogP contribution in [-0.2, 0) is 19.6 Å². The highest BCUT2D eigenvalue weighted by molar-refractivity contribution is 7.92. The van der Waals surface area contributed by atoms with Crippen molar-refractivity contribution in [3.8, 4) is 11.5 Å². The van der Waals surface area contributed by atoms with Crippen molar-refractivity contribution in [2.75, 3.05) is 30.8 Å². The average Bonchev–Trinajstić information content (AvgIpc) is 2.91. The third-order valence-electron chi connectivity index (χ3n) is 5.62. The van der Waals surface area contributed by atoms with Crippen LogP contribution in [0.15, 0.2) is 77.9 Å². The molecule has 0 bridgehead atoms. The Morgan fingerprint density at radius 1 is 1.03 bits per heavy atom. The molecule has 0 radical (unpaired) electrons. The summed E-state index contributed by atoms with van der Waals surface area (Å²) in [6.45, 7) is 3.10. The minimum Gasteiger partial charge on any atom is -0.495 e. The maximum atomic E-state index is 12.5. The molecule has 0 fully saturated rings. The number of hydrogen-bond donors (Lipinski definition) is 2. The summed E-state index contributed by atoms with van der Waals surface area (Å²) in [5, 5.41) is 6.80. The van der Waals surface area contributed by atoms with Crippen LogP contribution in [0, 0.1) is 6.92 Å². The van der Waals surface area contributed by atoms with E-state index in [2.05, 4.69) is 15.8 Å². The number of aryl methyl sites for hydroxylation is 1. The number of sulfonamides is 1. The topological polar surface area (TPSA) is 126 Å². The van der Waals surface area contributed by atoms with Gasteiger partial charge in [0.25, 0.3) is 11.8 Å². The van der Waals surface area contributed by atoms with Crippen molar-refractivity contribution >= 4 is 33.7 Å². The zero-order valence-corrected chi connectivity index (χ0v) is 23.1. The van der Waals surface area contributed by atoms with Crippen LogP contribution in [0.3, 0.4) is 0 Å². The van der Waals surface area contributed by atoms with Gasteiger partial charge < -0.3 is 14.8 Å². The number of ether oxygens (including phenoxy) is 2. The van der Waals surface area contributed by atoms with Gasteiger partial charge in [-0.3, -0.25) is 13.9 Å². The molecule has 206 valence electrons. The van der Waals surface area contributed by atoms with Gasteiger partial charge in [0.1, 0.15) is 18.0 Å². The molecule has 3 aromatic carbocycles. The number of anilines is 1. The Morgan fingerprint density at radius 2 is 1.72 bits per heavy atom. The van der Waals surface area contributed by atoms with Crippen LogP contribution in [-0.4, -0.2) is 53.0 Å². The van der Waals surface area contributed by atoms with E-state index in [9.17, 15) is 18.0 Å². The summed E-state index contributed by atoms with van der Waals surface area (Å²) in [6, 6.07) is 21.3. The van der Waals surface area contributed by atoms with Crippen molar-refractivity contribution in [1.82, 2.24) is 10.7 Å². The standard InChI is InChI=1S/C28H32N4O6S/c1-20-10-15-26(37-3)25(16-20)32(39(4,35)36)18-27(33)31-29-17-22-11-13-24(14-12-22)38-19-28(34)30-21(2)23-8-6-5-7-9-23/h5-17,21H,18-19H2,1-4H3,(H,30,34)(H,31,33)/b29-17-/t21-/m1/s1. The molecule has 0 spiro atoms. The molecule has 0 aromatic heterocycles. The third-order valence-corrected chi connectivity index (χ3v) is 6.75. The molecular weight excluding hydrogens is 520 g/mol. The summed E-state index contributed by atoms with van der Waals surface area (Å²) >= 11 is 0. The van der Waals surface area contributed by atoms with Crippen molar-refractivity contribution in [2.24, 2.45) is 5.10 Å². The molecule has 3 aromatic rings. The Morgan fingerprint density at radius 3 is 2.36 bits per heavy atom. The molecule has 2 N–H and O–H groups in total. The van der Waals surface area contributed by atoms with Crippen molar-refractivity contribution in [1.29, 1.82) is 0 Å². The summed E-state index contributed by atoms with van der Waals surface area (Å²) in [5.41, 5.74) is 5.07. The number of hydrazone groups is 1. The Bertz CT molecular complexity index is 1410. The molecule has 1 atom stereocenters. The minimum atomic E-state index is -3.78. The number of hydrogen-bond acceptors (Lipinski definition) is 7. The van der Waals surface area contributed by atoms with Crippen LogP contribution < -0.4 is 24.5 Å². The highest BCUT2D eigenvalue weighted by atomic mass is 32.2. The normalized spacial score (nSPS) is 12.0. The first-order valence-corrected chi connectivity index (χ1v) is 13.9. The number of amides is 2. The lowest BCUT2D eigenvalue weighted by Crippen LogP contribution is -2.39. The summed E-state index contributed by atoms with van der Waals surface area (Å²) in [6.07, 6.45) is 2.43. The predicted molar refractivity (Wildman–Crippen MR) is 151 cm³/mol. The fraction of sp³-hybridized carbons (Fsp3) is 0.250. The number of nitrogens with one attached hydrogen (secondary N) is 2. The van der Waals surface area contributed by atoms with Crippen LogP contribution in [0.2, 0.25) is 0 Å². The van der Waals surface area contributed by atoms with E-state index in [0.29, 0.717) is 17.1 Å². The van der Waals surface area contributed by atoms with Gasteiger partial charge >= 0.3 is 0 Å². The quantitative estimate of drug-likeness (QED) is 0.263. The maximum Gasteiger partial charge on any atom is 0.260 e. The van der Waals surface area contributed by atoms with E-state index in [-0.39, 0.29) is 24.2 Å². The lowest BCUT2D eigenvalue weighted by Gasteiger charge is -2.23. The Kier molecular flexibility index (Phi) is 10.0. The molecule has 0 unspecified atom stereocenters. The lowest BCUT2D eigenvalue weighted by molar-refractivity contribution is -0.123. The number of benzene rings is 3. The number of nitrogens with zero attached hydrogens (tertiary/aromatic N) is 2. The van der Waals surface area contributed by atoms with E-state index < -0.39 is 22.5 Å². The maximum absolute atomic E-state index is 12.5. The van der Waals surface area contributed by atoms with Gasteiger partial charge in [0.05, 0.1) is 31.3 Å². The van der Waals surface area contributed by atoms with E-state index in [1.54, 1.807) is 42.5 Å².